The predicted molar refractivity (Wildman–Crippen MR) is 86.9 cm³/mol. The molecular weight excluding hydrogens is 244 g/mol. The summed E-state index contributed by atoms with van der Waals surface area (Å²) in [6.07, 6.45) is 19.7. The first kappa shape index (κ1) is 16.3. The lowest BCUT2D eigenvalue weighted by molar-refractivity contribution is -0.0842. The van der Waals surface area contributed by atoms with Crippen molar-refractivity contribution in [3.8, 4) is 0 Å². The molecule has 0 amide bonds. The van der Waals surface area contributed by atoms with Crippen molar-refractivity contribution in [2.24, 2.45) is 11.8 Å². The van der Waals surface area contributed by atoms with Crippen LogP contribution in [0.1, 0.15) is 103 Å². The summed E-state index contributed by atoms with van der Waals surface area (Å²) < 4.78 is 0. The summed E-state index contributed by atoms with van der Waals surface area (Å²) in [6.45, 7) is 2.27. The van der Waals surface area contributed by atoms with Crippen LogP contribution in [0, 0.1) is 11.8 Å². The van der Waals surface area contributed by atoms with E-state index in [2.05, 4.69) is 6.92 Å². The molecule has 0 spiro atoms. The SMILES string of the molecule is CCCCCCCC1(O)CCCCC1C1CCCCC1. The van der Waals surface area contributed by atoms with E-state index in [-0.39, 0.29) is 5.60 Å². The van der Waals surface area contributed by atoms with Crippen molar-refractivity contribution in [1.29, 1.82) is 0 Å². The van der Waals surface area contributed by atoms with Crippen molar-refractivity contribution >= 4 is 0 Å². The molecule has 0 bridgehead atoms. The first-order chi connectivity index (χ1) is 9.76. The summed E-state index contributed by atoms with van der Waals surface area (Å²) in [5, 5.41) is 11.2. The van der Waals surface area contributed by atoms with E-state index in [4.69, 9.17) is 0 Å². The van der Waals surface area contributed by atoms with Crippen LogP contribution in [0.5, 0.6) is 0 Å². The van der Waals surface area contributed by atoms with E-state index in [9.17, 15) is 5.11 Å². The second kappa shape index (κ2) is 8.41. The largest absolute Gasteiger partial charge is 0.390 e. The topological polar surface area (TPSA) is 20.2 Å². The predicted octanol–water partition coefficient (Wildman–Crippen LogP) is 5.85. The van der Waals surface area contributed by atoms with Crippen LogP contribution in [0.4, 0.5) is 0 Å². The van der Waals surface area contributed by atoms with Gasteiger partial charge in [-0.2, -0.15) is 0 Å². The van der Waals surface area contributed by atoms with E-state index >= 15 is 0 Å². The van der Waals surface area contributed by atoms with E-state index in [0.29, 0.717) is 5.92 Å². The highest BCUT2D eigenvalue weighted by Gasteiger charge is 2.42. The van der Waals surface area contributed by atoms with Gasteiger partial charge in [0.05, 0.1) is 5.60 Å². The summed E-state index contributed by atoms with van der Waals surface area (Å²) >= 11 is 0. The van der Waals surface area contributed by atoms with Crippen LogP contribution < -0.4 is 0 Å². The highest BCUT2D eigenvalue weighted by atomic mass is 16.3. The lowest BCUT2D eigenvalue weighted by Gasteiger charge is -2.45. The van der Waals surface area contributed by atoms with Gasteiger partial charge in [-0.3, -0.25) is 0 Å². The zero-order valence-electron chi connectivity index (χ0n) is 13.7. The van der Waals surface area contributed by atoms with Gasteiger partial charge in [0, 0.05) is 0 Å². The molecule has 2 atom stereocenters. The van der Waals surface area contributed by atoms with Crippen LogP contribution in [0.15, 0.2) is 0 Å². The summed E-state index contributed by atoms with van der Waals surface area (Å²) in [5.74, 6) is 1.47. The maximum atomic E-state index is 11.2. The van der Waals surface area contributed by atoms with Gasteiger partial charge in [-0.05, 0) is 31.1 Å². The van der Waals surface area contributed by atoms with E-state index in [0.717, 1.165) is 18.8 Å². The molecule has 2 rings (SSSR count). The smallest absolute Gasteiger partial charge is 0.0678 e. The molecule has 0 heterocycles. The molecule has 2 aliphatic rings. The number of hydrogen-bond donors (Lipinski definition) is 1. The van der Waals surface area contributed by atoms with E-state index in [1.54, 1.807) is 0 Å². The second-order valence-corrected chi connectivity index (χ2v) is 7.52. The first-order valence-corrected chi connectivity index (χ1v) is 9.48. The molecule has 0 saturated heterocycles. The molecule has 0 radical (unpaired) electrons. The molecule has 118 valence electrons. The minimum Gasteiger partial charge on any atom is -0.390 e. The summed E-state index contributed by atoms with van der Waals surface area (Å²) in [4.78, 5) is 0. The van der Waals surface area contributed by atoms with Crippen LogP contribution in [0.25, 0.3) is 0 Å². The molecule has 1 nitrogen and oxygen atoms in total. The summed E-state index contributed by atoms with van der Waals surface area (Å²) in [6, 6.07) is 0. The third kappa shape index (κ3) is 4.48. The zero-order chi connectivity index (χ0) is 14.3. The quantitative estimate of drug-likeness (QED) is 0.580. The van der Waals surface area contributed by atoms with Gasteiger partial charge in [0.2, 0.25) is 0 Å². The minimum atomic E-state index is -0.299. The molecule has 2 unspecified atom stereocenters. The molecular formula is C19H36O. The highest BCUT2D eigenvalue weighted by Crippen LogP contribution is 2.46. The molecule has 1 heteroatoms. The van der Waals surface area contributed by atoms with Crippen LogP contribution in [-0.4, -0.2) is 10.7 Å². The van der Waals surface area contributed by atoms with Gasteiger partial charge in [0.25, 0.3) is 0 Å². The van der Waals surface area contributed by atoms with Crippen LogP contribution in [0.3, 0.4) is 0 Å². The Morgan fingerprint density at radius 1 is 0.850 bits per heavy atom. The molecule has 0 aromatic carbocycles. The second-order valence-electron chi connectivity index (χ2n) is 7.52. The Hall–Kier alpha value is -0.0400. The lowest BCUT2D eigenvalue weighted by atomic mass is 9.64. The Balaban J connectivity index is 1.83. The maximum absolute atomic E-state index is 11.2. The highest BCUT2D eigenvalue weighted by molar-refractivity contribution is 4.94. The standard InChI is InChI=1S/C19H36O/c1-2-3-4-5-10-15-19(20)16-11-9-14-18(19)17-12-7-6-8-13-17/h17-18,20H,2-16H2,1H3. The number of hydrogen-bond acceptors (Lipinski definition) is 1. The Morgan fingerprint density at radius 3 is 2.30 bits per heavy atom. The van der Waals surface area contributed by atoms with Gasteiger partial charge in [0.15, 0.2) is 0 Å². The number of unbranched alkanes of at least 4 members (excludes halogenated alkanes) is 4. The van der Waals surface area contributed by atoms with Gasteiger partial charge in [-0.1, -0.05) is 84.0 Å². The molecule has 2 fully saturated rings. The summed E-state index contributed by atoms with van der Waals surface area (Å²) in [7, 11) is 0. The Bertz CT molecular complexity index is 256. The maximum Gasteiger partial charge on any atom is 0.0678 e. The fourth-order valence-corrected chi connectivity index (χ4v) is 4.81. The third-order valence-electron chi connectivity index (χ3n) is 6.00. The van der Waals surface area contributed by atoms with Gasteiger partial charge in [0.1, 0.15) is 0 Å². The van der Waals surface area contributed by atoms with Crippen molar-refractivity contribution in [2.45, 2.75) is 109 Å². The van der Waals surface area contributed by atoms with Crippen LogP contribution in [0.2, 0.25) is 0 Å². The van der Waals surface area contributed by atoms with E-state index in [1.165, 1.54) is 83.5 Å². The third-order valence-corrected chi connectivity index (χ3v) is 6.00. The molecule has 1 N–H and O–H groups in total. The Kier molecular flexibility index (Phi) is 6.87. The van der Waals surface area contributed by atoms with Crippen LogP contribution >= 0.6 is 0 Å². The fraction of sp³-hybridized carbons (Fsp3) is 1.00. The van der Waals surface area contributed by atoms with Crippen molar-refractivity contribution in [3.63, 3.8) is 0 Å². The summed E-state index contributed by atoms with van der Waals surface area (Å²) in [5.41, 5.74) is -0.299. The van der Waals surface area contributed by atoms with Gasteiger partial charge in [-0.25, -0.2) is 0 Å². The lowest BCUT2D eigenvalue weighted by Crippen LogP contribution is -2.44. The van der Waals surface area contributed by atoms with Crippen molar-refractivity contribution < 1.29 is 5.11 Å². The Labute approximate surface area is 126 Å². The number of aliphatic hydroxyl groups is 1. The van der Waals surface area contributed by atoms with Crippen molar-refractivity contribution in [3.05, 3.63) is 0 Å². The molecule has 2 saturated carbocycles. The van der Waals surface area contributed by atoms with E-state index < -0.39 is 0 Å². The van der Waals surface area contributed by atoms with Crippen LogP contribution in [-0.2, 0) is 0 Å². The van der Waals surface area contributed by atoms with Crippen molar-refractivity contribution in [1.82, 2.24) is 0 Å². The molecule has 2 aliphatic carbocycles. The average Bonchev–Trinajstić information content (AvgIpc) is 2.48. The normalized spacial score (nSPS) is 32.4. The zero-order valence-corrected chi connectivity index (χ0v) is 13.7. The molecule has 0 aromatic rings. The number of rotatable bonds is 7. The van der Waals surface area contributed by atoms with Gasteiger partial charge in [-0.15, -0.1) is 0 Å². The fourth-order valence-electron chi connectivity index (χ4n) is 4.81. The first-order valence-electron chi connectivity index (χ1n) is 9.48. The molecule has 20 heavy (non-hydrogen) atoms. The van der Waals surface area contributed by atoms with Crippen molar-refractivity contribution in [2.75, 3.05) is 0 Å². The molecule has 0 aromatic heterocycles. The van der Waals surface area contributed by atoms with Gasteiger partial charge < -0.3 is 5.11 Å². The average molecular weight is 280 g/mol. The van der Waals surface area contributed by atoms with Gasteiger partial charge >= 0.3 is 0 Å². The molecule has 0 aliphatic heterocycles. The monoisotopic (exact) mass is 280 g/mol. The van der Waals surface area contributed by atoms with E-state index in [1.807, 2.05) is 0 Å². The minimum absolute atomic E-state index is 0.299. The Morgan fingerprint density at radius 2 is 1.55 bits per heavy atom.